The molecule has 2 atom stereocenters. The number of esters is 2. The molecule has 0 aromatic carbocycles. The summed E-state index contributed by atoms with van der Waals surface area (Å²) in [5.41, 5.74) is 0. The number of rotatable bonds is 47. The van der Waals surface area contributed by atoms with E-state index in [0.29, 0.717) is 19.3 Å². The van der Waals surface area contributed by atoms with Crippen LogP contribution in [0.1, 0.15) is 219 Å². The molecule has 0 fully saturated rings. The van der Waals surface area contributed by atoms with Crippen molar-refractivity contribution in [2.24, 2.45) is 0 Å². The number of carbonyl (C=O) groups excluding carboxylic acids is 2. The summed E-state index contributed by atoms with van der Waals surface area (Å²) >= 11 is 0. The van der Waals surface area contributed by atoms with Crippen LogP contribution in [0.5, 0.6) is 0 Å². The zero-order valence-electron chi connectivity index (χ0n) is 42.7. The van der Waals surface area contributed by atoms with Crippen LogP contribution in [0.3, 0.4) is 0 Å². The molecule has 374 valence electrons. The van der Waals surface area contributed by atoms with Crippen LogP contribution < -0.4 is 0 Å². The number of likely N-dealkylation sites (N-methyl/N-ethyl adjacent to an activating group) is 1. The van der Waals surface area contributed by atoms with Gasteiger partial charge < -0.3 is 23.8 Å². The summed E-state index contributed by atoms with van der Waals surface area (Å²) in [6.07, 6.45) is 60.9. The molecule has 0 saturated carbocycles. The molecule has 0 aromatic rings. The van der Waals surface area contributed by atoms with Gasteiger partial charge in [-0.25, -0.2) is 4.79 Å². The normalized spacial score (nSPS) is 13.4. The summed E-state index contributed by atoms with van der Waals surface area (Å²) < 4.78 is 17.4. The first-order valence-electron chi connectivity index (χ1n) is 26.5. The number of hydrogen-bond donors (Lipinski definition) is 1. The minimum absolute atomic E-state index is 0.0503. The molecule has 0 heterocycles. The first-order valence-corrected chi connectivity index (χ1v) is 26.5. The Balaban J connectivity index is 4.28. The minimum atomic E-state index is -0.880. The maximum Gasteiger partial charge on any atom is 0.362 e. The Morgan fingerprint density at radius 2 is 0.862 bits per heavy atom. The van der Waals surface area contributed by atoms with Gasteiger partial charge in [-0.05, 0) is 83.5 Å². The fraction of sp³-hybridized carbons (Fsp3) is 0.737. The zero-order chi connectivity index (χ0) is 47.7. The van der Waals surface area contributed by atoms with Crippen LogP contribution in [0.15, 0.2) is 72.9 Å². The maximum absolute atomic E-state index is 12.8. The lowest BCUT2D eigenvalue weighted by molar-refractivity contribution is -0.887. The number of quaternary nitrogens is 1. The topological polar surface area (TPSA) is 99.1 Å². The lowest BCUT2D eigenvalue weighted by Crippen LogP contribution is -2.50. The molecular weight excluding hydrogens is 811 g/mol. The molecule has 0 amide bonds. The Morgan fingerprint density at radius 3 is 1.28 bits per heavy atom. The minimum Gasteiger partial charge on any atom is -0.477 e. The van der Waals surface area contributed by atoms with Gasteiger partial charge in [0, 0.05) is 19.3 Å². The van der Waals surface area contributed by atoms with Crippen LogP contribution in [0, 0.1) is 0 Å². The van der Waals surface area contributed by atoms with E-state index in [0.717, 1.165) is 89.9 Å². The fourth-order valence-corrected chi connectivity index (χ4v) is 7.53. The summed E-state index contributed by atoms with van der Waals surface area (Å²) in [6.45, 7) is 4.61. The monoisotopic (exact) mass is 911 g/mol. The van der Waals surface area contributed by atoms with Crippen LogP contribution in [0.25, 0.3) is 0 Å². The Hall–Kier alpha value is -3.23. The van der Waals surface area contributed by atoms with E-state index in [2.05, 4.69) is 86.8 Å². The van der Waals surface area contributed by atoms with Crippen molar-refractivity contribution in [3.63, 3.8) is 0 Å². The van der Waals surface area contributed by atoms with Crippen molar-refractivity contribution in [2.75, 3.05) is 41.0 Å². The van der Waals surface area contributed by atoms with E-state index >= 15 is 0 Å². The molecule has 1 N–H and O–H groups in total. The van der Waals surface area contributed by atoms with Gasteiger partial charge in [-0.1, -0.05) is 189 Å². The Morgan fingerprint density at radius 1 is 0.477 bits per heavy atom. The van der Waals surface area contributed by atoms with Crippen LogP contribution in [-0.2, 0) is 28.6 Å². The second-order valence-electron chi connectivity index (χ2n) is 18.7. The Labute approximate surface area is 400 Å². The molecule has 8 nitrogen and oxygen atoms in total. The number of ether oxygens (including phenoxy) is 3. The van der Waals surface area contributed by atoms with Crippen molar-refractivity contribution < 1.29 is 38.2 Å². The average Bonchev–Trinajstić information content (AvgIpc) is 3.27. The number of carboxylic acids is 1. The van der Waals surface area contributed by atoms with Gasteiger partial charge in [0.2, 0.25) is 0 Å². The molecule has 2 unspecified atom stereocenters. The van der Waals surface area contributed by atoms with E-state index in [4.69, 9.17) is 14.2 Å². The summed E-state index contributed by atoms with van der Waals surface area (Å²) in [7, 11) is 5.53. The summed E-state index contributed by atoms with van der Waals surface area (Å²) in [4.78, 5) is 37.2. The third-order valence-corrected chi connectivity index (χ3v) is 11.6. The van der Waals surface area contributed by atoms with Gasteiger partial charge >= 0.3 is 17.9 Å². The zero-order valence-corrected chi connectivity index (χ0v) is 42.7. The average molecular weight is 911 g/mol. The molecular formula is C57H100NO7+. The second kappa shape index (κ2) is 47.3. The first-order chi connectivity index (χ1) is 31.6. The van der Waals surface area contributed by atoms with Gasteiger partial charge in [0.25, 0.3) is 0 Å². The number of carboxylic acid groups (broad SMARTS) is 1. The van der Waals surface area contributed by atoms with E-state index in [1.807, 2.05) is 21.1 Å². The molecule has 0 aromatic heterocycles. The van der Waals surface area contributed by atoms with Crippen LogP contribution in [-0.4, -0.2) is 80.6 Å². The van der Waals surface area contributed by atoms with E-state index in [9.17, 15) is 19.5 Å². The third kappa shape index (κ3) is 45.7. The molecule has 0 spiro atoms. The summed E-state index contributed by atoms with van der Waals surface area (Å²) in [6, 6.07) is -0.622. The van der Waals surface area contributed by atoms with Gasteiger partial charge in [-0.15, -0.1) is 0 Å². The predicted molar refractivity (Wildman–Crippen MR) is 275 cm³/mol. The van der Waals surface area contributed by atoms with Crippen molar-refractivity contribution in [3.05, 3.63) is 72.9 Å². The van der Waals surface area contributed by atoms with Crippen LogP contribution in [0.4, 0.5) is 0 Å². The lowest BCUT2D eigenvalue weighted by atomic mass is 10.1. The molecule has 0 aliphatic rings. The number of carbonyl (C=O) groups is 3. The highest BCUT2D eigenvalue weighted by molar-refractivity contribution is 5.72. The smallest absolute Gasteiger partial charge is 0.362 e. The molecule has 8 heteroatoms. The number of aliphatic carboxylic acids is 1. The number of allylic oxidation sites excluding steroid dienone is 12. The largest absolute Gasteiger partial charge is 0.477 e. The van der Waals surface area contributed by atoms with E-state index < -0.39 is 18.1 Å². The van der Waals surface area contributed by atoms with E-state index in [1.165, 1.54) is 96.3 Å². The SMILES string of the molecule is CC/C=C/C/C=C/C/C=C/C/C=C/CCCCCCCCC(=O)OCC(COCCC(C(=O)O)[N+](C)(C)C)OC(=O)CCCCCCCCC/C=C/C/C=C/CCCCCCCCCC. The molecule has 65 heavy (non-hydrogen) atoms. The van der Waals surface area contributed by atoms with Crippen molar-refractivity contribution in [2.45, 2.75) is 231 Å². The first kappa shape index (κ1) is 61.8. The molecule has 0 radical (unpaired) electrons. The van der Waals surface area contributed by atoms with E-state index in [-0.39, 0.29) is 36.2 Å². The van der Waals surface area contributed by atoms with Crippen LogP contribution in [0.2, 0.25) is 0 Å². The summed E-state index contributed by atoms with van der Waals surface area (Å²) in [5.74, 6) is -1.49. The second-order valence-corrected chi connectivity index (χ2v) is 18.7. The van der Waals surface area contributed by atoms with Gasteiger partial charge in [-0.3, -0.25) is 9.59 Å². The van der Waals surface area contributed by atoms with E-state index in [1.54, 1.807) is 0 Å². The molecule has 0 saturated heterocycles. The van der Waals surface area contributed by atoms with Crippen molar-refractivity contribution in [1.29, 1.82) is 0 Å². The Bertz CT molecular complexity index is 1290. The van der Waals surface area contributed by atoms with Crippen molar-refractivity contribution in [1.82, 2.24) is 0 Å². The molecule has 0 bridgehead atoms. The fourth-order valence-electron chi connectivity index (χ4n) is 7.53. The Kier molecular flexibility index (Phi) is 44.9. The standard InChI is InChI=1S/C57H99NO7/c1-6-8-10-12-14-16-18-20-22-24-26-27-28-30-32-34-36-38-40-42-44-46-48-56(60)65-53(51-63-50-49-54(57(61)62)58(3,4)5)52-64-55(59)47-45-43-41-39-37-35-33-31-29-25-23-21-19-17-15-13-11-9-7-2/h9,11,15,17,21,23-24,26,28-31,53-54H,6-8,10,12-14,16,18-20,22,25,27,32-52H2,1-5H3/p+1/b11-9+,17-15+,23-21+,26-24+,30-28+,31-29+. The van der Waals surface area contributed by atoms with Gasteiger partial charge in [0.05, 0.1) is 34.4 Å². The number of nitrogens with zero attached hydrogens (tertiary/aromatic N) is 1. The highest BCUT2D eigenvalue weighted by Gasteiger charge is 2.31. The number of unbranched alkanes of at least 4 members (excludes halogenated alkanes) is 21. The third-order valence-electron chi connectivity index (χ3n) is 11.6. The van der Waals surface area contributed by atoms with Gasteiger partial charge in [-0.2, -0.15) is 0 Å². The molecule has 0 aliphatic carbocycles. The highest BCUT2D eigenvalue weighted by atomic mass is 16.6. The maximum atomic E-state index is 12.8. The van der Waals surface area contributed by atoms with Crippen molar-refractivity contribution in [3.8, 4) is 0 Å². The molecule has 0 aliphatic heterocycles. The quantitative estimate of drug-likeness (QED) is 0.0281. The lowest BCUT2D eigenvalue weighted by Gasteiger charge is -2.31. The highest BCUT2D eigenvalue weighted by Crippen LogP contribution is 2.14. The van der Waals surface area contributed by atoms with Crippen molar-refractivity contribution >= 4 is 17.9 Å². The van der Waals surface area contributed by atoms with Gasteiger partial charge in [0.15, 0.2) is 12.1 Å². The molecule has 0 rings (SSSR count). The number of hydrogen-bond acceptors (Lipinski definition) is 6. The van der Waals surface area contributed by atoms with Gasteiger partial charge in [0.1, 0.15) is 6.61 Å². The predicted octanol–water partition coefficient (Wildman–Crippen LogP) is 15.5. The van der Waals surface area contributed by atoms with Crippen LogP contribution >= 0.6 is 0 Å². The summed E-state index contributed by atoms with van der Waals surface area (Å²) in [5, 5.41) is 9.66.